The maximum Gasteiger partial charge on any atom is 0.237 e. The minimum Gasteiger partial charge on any atom is -0.388 e. The molecule has 0 saturated carbocycles. The number of hydrogen-bond donors (Lipinski definition) is 3. The fourth-order valence-electron chi connectivity index (χ4n) is 1.60. The van der Waals surface area contributed by atoms with Crippen LogP contribution in [0, 0.1) is 5.92 Å². The standard InChI is InChI=1S/C11H22N2O3/c1-8(2)9(12)10(14)13-7-11(15)3-5-16-6-4-11/h8-9,15H,3-7,12H2,1-2H3,(H,13,14)/t9-/m0/s1. The van der Waals surface area contributed by atoms with Crippen LogP contribution in [0.2, 0.25) is 0 Å². The van der Waals surface area contributed by atoms with Crippen molar-refractivity contribution in [2.75, 3.05) is 19.8 Å². The van der Waals surface area contributed by atoms with Crippen molar-refractivity contribution in [3.05, 3.63) is 0 Å². The van der Waals surface area contributed by atoms with E-state index >= 15 is 0 Å². The SMILES string of the molecule is CC(C)[C@H](N)C(=O)NCC1(O)CCOCC1. The molecule has 1 atom stereocenters. The molecular weight excluding hydrogens is 208 g/mol. The van der Waals surface area contributed by atoms with Gasteiger partial charge >= 0.3 is 0 Å². The largest absolute Gasteiger partial charge is 0.388 e. The van der Waals surface area contributed by atoms with Gasteiger partial charge < -0.3 is 20.9 Å². The second-order valence-corrected chi connectivity index (χ2v) is 4.82. The quantitative estimate of drug-likeness (QED) is 0.615. The van der Waals surface area contributed by atoms with E-state index in [1.807, 2.05) is 13.8 Å². The van der Waals surface area contributed by atoms with Crippen LogP contribution >= 0.6 is 0 Å². The molecule has 0 aromatic heterocycles. The van der Waals surface area contributed by atoms with Gasteiger partial charge in [-0.25, -0.2) is 0 Å². The molecule has 0 aromatic carbocycles. The van der Waals surface area contributed by atoms with Gasteiger partial charge in [-0.15, -0.1) is 0 Å². The number of nitrogens with one attached hydrogen (secondary N) is 1. The van der Waals surface area contributed by atoms with Crippen molar-refractivity contribution in [3.63, 3.8) is 0 Å². The van der Waals surface area contributed by atoms with Crippen molar-refractivity contribution in [1.29, 1.82) is 0 Å². The van der Waals surface area contributed by atoms with Crippen LogP contribution in [0.4, 0.5) is 0 Å². The predicted octanol–water partition coefficient (Wildman–Crippen LogP) is -0.373. The normalized spacial score (nSPS) is 21.8. The van der Waals surface area contributed by atoms with Gasteiger partial charge in [-0.2, -0.15) is 0 Å². The van der Waals surface area contributed by atoms with Crippen molar-refractivity contribution < 1.29 is 14.6 Å². The highest BCUT2D eigenvalue weighted by Gasteiger charge is 2.30. The van der Waals surface area contributed by atoms with E-state index in [4.69, 9.17) is 10.5 Å². The van der Waals surface area contributed by atoms with E-state index in [0.717, 1.165) is 0 Å². The first-order valence-electron chi connectivity index (χ1n) is 5.78. The molecule has 1 heterocycles. The lowest BCUT2D eigenvalue weighted by molar-refractivity contribution is -0.126. The number of carbonyl (C=O) groups excluding carboxylic acids is 1. The molecular formula is C11H22N2O3. The average molecular weight is 230 g/mol. The second-order valence-electron chi connectivity index (χ2n) is 4.82. The van der Waals surface area contributed by atoms with Gasteiger partial charge in [0.1, 0.15) is 0 Å². The van der Waals surface area contributed by atoms with E-state index in [9.17, 15) is 9.90 Å². The molecule has 1 aliphatic rings. The van der Waals surface area contributed by atoms with E-state index < -0.39 is 11.6 Å². The molecule has 0 unspecified atom stereocenters. The van der Waals surface area contributed by atoms with Gasteiger partial charge in [0.25, 0.3) is 0 Å². The Hall–Kier alpha value is -0.650. The van der Waals surface area contributed by atoms with Crippen LogP contribution in [0.25, 0.3) is 0 Å². The van der Waals surface area contributed by atoms with E-state index in [0.29, 0.717) is 26.1 Å². The summed E-state index contributed by atoms with van der Waals surface area (Å²) in [7, 11) is 0. The highest BCUT2D eigenvalue weighted by atomic mass is 16.5. The smallest absolute Gasteiger partial charge is 0.237 e. The van der Waals surface area contributed by atoms with E-state index in [1.54, 1.807) is 0 Å². The zero-order chi connectivity index (χ0) is 12.2. The number of rotatable bonds is 4. The Morgan fingerprint density at radius 2 is 2.06 bits per heavy atom. The summed E-state index contributed by atoms with van der Waals surface area (Å²) in [5.74, 6) is -0.0979. The summed E-state index contributed by atoms with van der Waals surface area (Å²) < 4.78 is 5.16. The van der Waals surface area contributed by atoms with Crippen LogP contribution in [0.1, 0.15) is 26.7 Å². The fourth-order valence-corrected chi connectivity index (χ4v) is 1.60. The average Bonchev–Trinajstić information content (AvgIpc) is 2.26. The molecule has 5 nitrogen and oxygen atoms in total. The zero-order valence-corrected chi connectivity index (χ0v) is 10.0. The first-order valence-corrected chi connectivity index (χ1v) is 5.78. The van der Waals surface area contributed by atoms with E-state index in [-0.39, 0.29) is 18.4 Å². The van der Waals surface area contributed by atoms with Crippen molar-refractivity contribution >= 4 is 5.91 Å². The van der Waals surface area contributed by atoms with Crippen LogP contribution in [0.15, 0.2) is 0 Å². The summed E-state index contributed by atoms with van der Waals surface area (Å²) in [6, 6.07) is -0.511. The van der Waals surface area contributed by atoms with Crippen LogP contribution < -0.4 is 11.1 Å². The molecule has 1 saturated heterocycles. The van der Waals surface area contributed by atoms with Crippen molar-refractivity contribution in [2.45, 2.75) is 38.3 Å². The third-order valence-corrected chi connectivity index (χ3v) is 3.04. The summed E-state index contributed by atoms with van der Waals surface area (Å²) in [5.41, 5.74) is 4.87. The van der Waals surface area contributed by atoms with Gasteiger partial charge in [-0.1, -0.05) is 13.8 Å². The first kappa shape index (κ1) is 13.4. The number of hydrogen-bond acceptors (Lipinski definition) is 4. The summed E-state index contributed by atoms with van der Waals surface area (Å²) >= 11 is 0. The highest BCUT2D eigenvalue weighted by molar-refractivity contribution is 5.81. The molecule has 0 aliphatic carbocycles. The van der Waals surface area contributed by atoms with Crippen molar-refractivity contribution in [2.24, 2.45) is 11.7 Å². The lowest BCUT2D eigenvalue weighted by Crippen LogP contribution is -2.51. The molecule has 1 aliphatic heterocycles. The third-order valence-electron chi connectivity index (χ3n) is 3.04. The maximum absolute atomic E-state index is 11.6. The lowest BCUT2D eigenvalue weighted by Gasteiger charge is -2.32. The third kappa shape index (κ3) is 3.73. The molecule has 1 amide bonds. The molecule has 0 radical (unpaired) electrons. The Balaban J connectivity index is 2.35. The van der Waals surface area contributed by atoms with Gasteiger partial charge in [0.2, 0.25) is 5.91 Å². The summed E-state index contributed by atoms with van der Waals surface area (Å²) in [6.45, 7) is 5.14. The number of aliphatic hydroxyl groups is 1. The number of nitrogens with two attached hydrogens (primary N) is 1. The molecule has 0 aromatic rings. The Labute approximate surface area is 96.3 Å². The van der Waals surface area contributed by atoms with E-state index in [1.165, 1.54) is 0 Å². The summed E-state index contributed by atoms with van der Waals surface area (Å²) in [5, 5.41) is 12.8. The molecule has 1 fully saturated rings. The van der Waals surface area contributed by atoms with Gasteiger partial charge in [-0.3, -0.25) is 4.79 Å². The van der Waals surface area contributed by atoms with Gasteiger partial charge in [0.05, 0.1) is 11.6 Å². The molecule has 0 bridgehead atoms. The van der Waals surface area contributed by atoms with Crippen molar-refractivity contribution in [3.8, 4) is 0 Å². The van der Waals surface area contributed by atoms with Gasteiger partial charge in [-0.05, 0) is 5.92 Å². The molecule has 0 spiro atoms. The minimum atomic E-state index is -0.829. The second kappa shape index (κ2) is 5.61. The maximum atomic E-state index is 11.6. The van der Waals surface area contributed by atoms with Gasteiger partial charge in [0, 0.05) is 32.6 Å². The number of carbonyl (C=O) groups is 1. The minimum absolute atomic E-state index is 0.101. The Morgan fingerprint density at radius 1 is 1.50 bits per heavy atom. The topological polar surface area (TPSA) is 84.6 Å². The Kier molecular flexibility index (Phi) is 4.70. The fraction of sp³-hybridized carbons (Fsp3) is 0.909. The van der Waals surface area contributed by atoms with Gasteiger partial charge in [0.15, 0.2) is 0 Å². The molecule has 94 valence electrons. The zero-order valence-electron chi connectivity index (χ0n) is 10.0. The van der Waals surface area contributed by atoms with Crippen LogP contribution in [-0.4, -0.2) is 42.4 Å². The molecule has 5 heteroatoms. The van der Waals surface area contributed by atoms with E-state index in [2.05, 4.69) is 5.32 Å². The monoisotopic (exact) mass is 230 g/mol. The first-order chi connectivity index (χ1) is 7.44. The summed E-state index contributed by atoms with van der Waals surface area (Å²) in [6.07, 6.45) is 1.12. The molecule has 1 rings (SSSR count). The van der Waals surface area contributed by atoms with Crippen LogP contribution in [0.3, 0.4) is 0 Å². The lowest BCUT2D eigenvalue weighted by atomic mass is 9.94. The Morgan fingerprint density at radius 3 is 2.56 bits per heavy atom. The van der Waals surface area contributed by atoms with Crippen LogP contribution in [0.5, 0.6) is 0 Å². The predicted molar refractivity (Wildman–Crippen MR) is 60.8 cm³/mol. The van der Waals surface area contributed by atoms with Crippen LogP contribution in [-0.2, 0) is 9.53 Å². The highest BCUT2D eigenvalue weighted by Crippen LogP contribution is 2.19. The Bertz CT molecular complexity index is 237. The van der Waals surface area contributed by atoms with Crippen molar-refractivity contribution in [1.82, 2.24) is 5.32 Å². The summed E-state index contributed by atoms with van der Waals surface area (Å²) in [4.78, 5) is 11.6. The molecule has 4 N–H and O–H groups in total. The number of amides is 1. The number of ether oxygens (including phenoxy) is 1. The molecule has 16 heavy (non-hydrogen) atoms.